The Morgan fingerprint density at radius 2 is 1.82 bits per heavy atom. The zero-order valence-corrected chi connectivity index (χ0v) is 11.5. The summed E-state index contributed by atoms with van der Waals surface area (Å²) in [6.07, 6.45) is 4.93. The van der Waals surface area contributed by atoms with Crippen LogP contribution in [0.4, 0.5) is 0 Å². The van der Waals surface area contributed by atoms with E-state index in [9.17, 15) is 4.79 Å². The molecule has 17 heavy (non-hydrogen) atoms. The number of piperidine rings is 1. The van der Waals surface area contributed by atoms with E-state index in [0.29, 0.717) is 0 Å². The number of carbonyl (C=O) groups is 1. The highest BCUT2D eigenvalue weighted by Crippen LogP contribution is 2.28. The van der Waals surface area contributed by atoms with Gasteiger partial charge in [-0.25, -0.2) is 4.79 Å². The van der Waals surface area contributed by atoms with Crippen LogP contribution in [0, 0.1) is 0 Å². The largest absolute Gasteiger partial charge is 0.367 e. The molecule has 0 spiro atoms. The van der Waals surface area contributed by atoms with E-state index >= 15 is 0 Å². The van der Waals surface area contributed by atoms with Gasteiger partial charge < -0.3 is 10.2 Å². The third kappa shape index (κ3) is 4.88. The summed E-state index contributed by atoms with van der Waals surface area (Å²) in [6.45, 7) is 10.4. The van der Waals surface area contributed by atoms with Crippen LogP contribution in [0.2, 0.25) is 0 Å². The smallest absolute Gasteiger partial charge is 0.349 e. The topological polar surface area (TPSA) is 50.4 Å². The molecule has 1 fully saturated rings. The number of nitrogens with one attached hydrogen (secondary N) is 2. The summed E-state index contributed by atoms with van der Waals surface area (Å²) in [4.78, 5) is 16.2. The lowest BCUT2D eigenvalue weighted by Crippen LogP contribution is -2.61. The second-order valence-corrected chi connectivity index (χ2v) is 6.04. The Hall–Kier alpha value is -0.870. The number of carbonyl (C=O) groups excluding carboxylic acids is 1. The molecule has 2 N–H and O–H groups in total. The van der Waals surface area contributed by atoms with Crippen LogP contribution in [0.3, 0.4) is 0 Å². The van der Waals surface area contributed by atoms with Gasteiger partial charge in [-0.1, -0.05) is 6.08 Å². The predicted octanol–water partition coefficient (Wildman–Crippen LogP) is 1.92. The molecule has 0 atom stereocenters. The fourth-order valence-electron chi connectivity index (χ4n) is 2.72. The van der Waals surface area contributed by atoms with E-state index in [0.717, 1.165) is 12.8 Å². The SMILES string of the molecule is CC=CC(=O)ONC1CC(C)(C)NC(C)(C)C1. The maximum Gasteiger partial charge on any atom is 0.349 e. The molecule has 1 aliphatic rings. The lowest BCUT2D eigenvalue weighted by molar-refractivity contribution is -0.148. The molecule has 1 aliphatic heterocycles. The molecule has 0 aromatic heterocycles. The van der Waals surface area contributed by atoms with Gasteiger partial charge in [0.1, 0.15) is 0 Å². The van der Waals surface area contributed by atoms with E-state index in [-0.39, 0.29) is 23.1 Å². The van der Waals surface area contributed by atoms with E-state index in [2.05, 4.69) is 38.5 Å². The number of hydroxylamine groups is 1. The Kier molecular flexibility index (Phi) is 4.33. The Labute approximate surface area is 104 Å². The predicted molar refractivity (Wildman–Crippen MR) is 68.4 cm³/mol. The molecule has 0 aromatic carbocycles. The first-order valence-corrected chi connectivity index (χ1v) is 6.12. The lowest BCUT2D eigenvalue weighted by atomic mass is 9.80. The monoisotopic (exact) mass is 240 g/mol. The zero-order chi connectivity index (χ0) is 13.1. The maximum atomic E-state index is 11.2. The van der Waals surface area contributed by atoms with Gasteiger partial charge in [0.15, 0.2) is 0 Å². The van der Waals surface area contributed by atoms with Gasteiger partial charge in [-0.05, 0) is 47.5 Å². The molecule has 4 heteroatoms. The number of hydrogen-bond donors (Lipinski definition) is 2. The Morgan fingerprint density at radius 3 is 2.29 bits per heavy atom. The lowest BCUT2D eigenvalue weighted by Gasteiger charge is -2.46. The van der Waals surface area contributed by atoms with Crippen LogP contribution in [0.15, 0.2) is 12.2 Å². The normalized spacial score (nSPS) is 23.8. The summed E-state index contributed by atoms with van der Waals surface area (Å²) in [5.74, 6) is -0.346. The molecular weight excluding hydrogens is 216 g/mol. The van der Waals surface area contributed by atoms with Crippen molar-refractivity contribution in [3.63, 3.8) is 0 Å². The molecule has 98 valence electrons. The second-order valence-electron chi connectivity index (χ2n) is 6.04. The Bertz CT molecular complexity index is 293. The molecule has 1 heterocycles. The van der Waals surface area contributed by atoms with Crippen molar-refractivity contribution in [2.75, 3.05) is 0 Å². The minimum Gasteiger partial charge on any atom is -0.367 e. The van der Waals surface area contributed by atoms with Gasteiger partial charge in [-0.15, -0.1) is 5.48 Å². The van der Waals surface area contributed by atoms with Crippen molar-refractivity contribution in [1.29, 1.82) is 0 Å². The first-order valence-electron chi connectivity index (χ1n) is 6.12. The molecule has 0 bridgehead atoms. The van der Waals surface area contributed by atoms with Gasteiger partial charge in [0.25, 0.3) is 0 Å². The third-order valence-corrected chi connectivity index (χ3v) is 2.82. The van der Waals surface area contributed by atoms with Gasteiger partial charge in [0, 0.05) is 23.2 Å². The average Bonchev–Trinajstić information content (AvgIpc) is 2.10. The van der Waals surface area contributed by atoms with Crippen molar-refractivity contribution in [3.05, 3.63) is 12.2 Å². The van der Waals surface area contributed by atoms with Crippen molar-refractivity contribution in [2.45, 2.75) is 64.6 Å². The quantitative estimate of drug-likeness (QED) is 0.584. The van der Waals surface area contributed by atoms with Crippen LogP contribution in [-0.2, 0) is 9.63 Å². The van der Waals surface area contributed by atoms with E-state index in [4.69, 9.17) is 4.84 Å². The van der Waals surface area contributed by atoms with E-state index in [1.54, 1.807) is 13.0 Å². The summed E-state index contributed by atoms with van der Waals surface area (Å²) in [5, 5.41) is 3.58. The van der Waals surface area contributed by atoms with Crippen molar-refractivity contribution in [3.8, 4) is 0 Å². The third-order valence-electron chi connectivity index (χ3n) is 2.82. The number of allylic oxidation sites excluding steroid dienone is 1. The molecule has 0 aliphatic carbocycles. The van der Waals surface area contributed by atoms with Crippen molar-refractivity contribution >= 4 is 5.97 Å². The highest BCUT2D eigenvalue weighted by Gasteiger charge is 2.38. The number of hydrogen-bond acceptors (Lipinski definition) is 4. The van der Waals surface area contributed by atoms with E-state index < -0.39 is 0 Å². The molecule has 0 amide bonds. The summed E-state index contributed by atoms with van der Waals surface area (Å²) in [5.41, 5.74) is 2.97. The van der Waals surface area contributed by atoms with Gasteiger partial charge in [0.2, 0.25) is 0 Å². The maximum absolute atomic E-state index is 11.2. The first-order chi connectivity index (χ1) is 7.74. The highest BCUT2D eigenvalue weighted by molar-refractivity contribution is 5.81. The zero-order valence-electron chi connectivity index (χ0n) is 11.5. The van der Waals surface area contributed by atoms with Crippen LogP contribution >= 0.6 is 0 Å². The molecule has 0 unspecified atom stereocenters. The summed E-state index contributed by atoms with van der Waals surface area (Å²) >= 11 is 0. The average molecular weight is 240 g/mol. The molecule has 0 radical (unpaired) electrons. The summed E-state index contributed by atoms with van der Waals surface area (Å²) < 4.78 is 0. The van der Waals surface area contributed by atoms with E-state index in [1.165, 1.54) is 6.08 Å². The fraction of sp³-hybridized carbons (Fsp3) is 0.769. The molecule has 4 nitrogen and oxygen atoms in total. The van der Waals surface area contributed by atoms with E-state index in [1.807, 2.05) is 0 Å². The van der Waals surface area contributed by atoms with Gasteiger partial charge in [-0.3, -0.25) is 0 Å². The van der Waals surface area contributed by atoms with Gasteiger partial charge >= 0.3 is 5.97 Å². The van der Waals surface area contributed by atoms with Crippen LogP contribution in [0.5, 0.6) is 0 Å². The molecule has 0 aromatic rings. The highest BCUT2D eigenvalue weighted by atomic mass is 16.7. The van der Waals surface area contributed by atoms with Gasteiger partial charge in [0.05, 0.1) is 0 Å². The van der Waals surface area contributed by atoms with Crippen molar-refractivity contribution < 1.29 is 9.63 Å². The second kappa shape index (κ2) is 5.19. The minimum atomic E-state index is -0.346. The Morgan fingerprint density at radius 1 is 1.29 bits per heavy atom. The van der Waals surface area contributed by atoms with Crippen LogP contribution in [0.1, 0.15) is 47.5 Å². The van der Waals surface area contributed by atoms with Crippen LogP contribution in [-0.4, -0.2) is 23.1 Å². The standard InChI is InChI=1S/C13H24N2O2/c1-6-7-11(16)17-14-10-8-12(2,3)15-13(4,5)9-10/h6-7,10,14-15H,8-9H2,1-5H3. The molecule has 0 saturated carbocycles. The molecule has 1 saturated heterocycles. The Balaban J connectivity index is 2.51. The fourth-order valence-corrected chi connectivity index (χ4v) is 2.72. The van der Waals surface area contributed by atoms with Crippen molar-refractivity contribution in [1.82, 2.24) is 10.8 Å². The molecule has 1 rings (SSSR count). The summed E-state index contributed by atoms with van der Waals surface area (Å²) in [6, 6.07) is 0.190. The van der Waals surface area contributed by atoms with Crippen LogP contribution < -0.4 is 10.8 Å². The summed E-state index contributed by atoms with van der Waals surface area (Å²) in [7, 11) is 0. The van der Waals surface area contributed by atoms with Gasteiger partial charge in [-0.2, -0.15) is 0 Å². The van der Waals surface area contributed by atoms with Crippen LogP contribution in [0.25, 0.3) is 0 Å². The molecular formula is C13H24N2O2. The minimum absolute atomic E-state index is 0.0480. The first kappa shape index (κ1) is 14.2. The number of rotatable bonds is 3. The van der Waals surface area contributed by atoms with Crippen molar-refractivity contribution in [2.24, 2.45) is 0 Å².